The van der Waals surface area contributed by atoms with Crippen LogP contribution in [0.15, 0.2) is 0 Å². The minimum atomic E-state index is 0.420. The molecule has 0 radical (unpaired) electrons. The van der Waals surface area contributed by atoms with Gasteiger partial charge >= 0.3 is 0 Å². The predicted molar refractivity (Wildman–Crippen MR) is 53.4 cm³/mol. The third-order valence-electron chi connectivity index (χ3n) is 4.28. The maximum absolute atomic E-state index is 5.93. The van der Waals surface area contributed by atoms with Crippen molar-refractivity contribution in [1.82, 2.24) is 0 Å². The van der Waals surface area contributed by atoms with Crippen molar-refractivity contribution < 1.29 is 4.74 Å². The summed E-state index contributed by atoms with van der Waals surface area (Å²) in [5, 5.41) is 0. The third-order valence-corrected chi connectivity index (χ3v) is 4.28. The first-order valence-corrected chi connectivity index (χ1v) is 5.41. The smallest absolute Gasteiger partial charge is 0.0493 e. The molecule has 2 saturated carbocycles. The van der Waals surface area contributed by atoms with Crippen molar-refractivity contribution in [1.29, 1.82) is 0 Å². The normalized spacial score (nSPS) is 44.5. The summed E-state index contributed by atoms with van der Waals surface area (Å²) in [6.07, 6.45) is 4.19. The molecule has 0 aromatic carbocycles. The highest BCUT2D eigenvalue weighted by molar-refractivity contribution is 5.05. The molecule has 2 nitrogen and oxygen atoms in total. The van der Waals surface area contributed by atoms with Crippen LogP contribution in [0.3, 0.4) is 0 Å². The molecule has 0 heterocycles. The van der Waals surface area contributed by atoms with E-state index in [0.29, 0.717) is 11.3 Å². The van der Waals surface area contributed by atoms with Crippen molar-refractivity contribution in [3.63, 3.8) is 0 Å². The van der Waals surface area contributed by atoms with Gasteiger partial charge in [-0.3, -0.25) is 0 Å². The summed E-state index contributed by atoms with van der Waals surface area (Å²) in [7, 11) is 1.79. The average molecular weight is 183 g/mol. The van der Waals surface area contributed by atoms with Crippen LogP contribution < -0.4 is 5.73 Å². The quantitative estimate of drug-likeness (QED) is 0.719. The molecule has 76 valence electrons. The topological polar surface area (TPSA) is 35.2 Å². The lowest BCUT2D eigenvalue weighted by Gasteiger charge is -2.35. The van der Waals surface area contributed by atoms with Crippen LogP contribution in [0.5, 0.6) is 0 Å². The highest BCUT2D eigenvalue weighted by atomic mass is 16.5. The Bertz CT molecular complexity index is 183. The Hall–Kier alpha value is -0.0800. The fourth-order valence-electron chi connectivity index (χ4n) is 3.13. The summed E-state index contributed by atoms with van der Waals surface area (Å²) in [6, 6.07) is 0. The Labute approximate surface area is 80.8 Å². The molecule has 0 saturated heterocycles. The van der Waals surface area contributed by atoms with Gasteiger partial charge in [-0.2, -0.15) is 0 Å². The number of rotatable bonds is 4. The molecule has 13 heavy (non-hydrogen) atoms. The molecular formula is C11H21NO. The van der Waals surface area contributed by atoms with Gasteiger partial charge in [0, 0.05) is 13.7 Å². The van der Waals surface area contributed by atoms with Gasteiger partial charge in [-0.05, 0) is 49.0 Å². The van der Waals surface area contributed by atoms with Crippen LogP contribution in [0, 0.1) is 23.2 Å². The number of ether oxygens (including phenoxy) is 1. The van der Waals surface area contributed by atoms with E-state index in [0.717, 1.165) is 25.0 Å². The fraction of sp³-hybridized carbons (Fsp3) is 1.00. The largest absolute Gasteiger partial charge is 0.384 e. The zero-order valence-electron chi connectivity index (χ0n) is 8.75. The second-order valence-corrected chi connectivity index (χ2v) is 5.09. The molecule has 0 aromatic heterocycles. The molecule has 2 aliphatic carbocycles. The number of hydrogen-bond acceptors (Lipinski definition) is 2. The van der Waals surface area contributed by atoms with Crippen molar-refractivity contribution in [3.05, 3.63) is 0 Å². The Balaban J connectivity index is 1.98. The summed E-state index contributed by atoms with van der Waals surface area (Å²) in [5.74, 6) is 2.67. The van der Waals surface area contributed by atoms with Crippen molar-refractivity contribution >= 4 is 0 Å². The van der Waals surface area contributed by atoms with Crippen molar-refractivity contribution in [2.75, 3.05) is 20.3 Å². The van der Waals surface area contributed by atoms with Gasteiger partial charge in [0.1, 0.15) is 0 Å². The SMILES string of the molecule is COCC(C)C1(CN)CC2CC2C1. The molecule has 0 aliphatic heterocycles. The van der Waals surface area contributed by atoms with E-state index in [2.05, 4.69) is 6.92 Å². The van der Waals surface area contributed by atoms with Crippen LogP contribution in [0.2, 0.25) is 0 Å². The minimum Gasteiger partial charge on any atom is -0.384 e. The second-order valence-electron chi connectivity index (χ2n) is 5.09. The molecule has 0 aromatic rings. The number of fused-ring (bicyclic) bond motifs is 1. The fourth-order valence-corrected chi connectivity index (χ4v) is 3.13. The molecule has 2 fully saturated rings. The lowest BCUT2D eigenvalue weighted by atomic mass is 9.73. The third kappa shape index (κ3) is 1.50. The summed E-state index contributed by atoms with van der Waals surface area (Å²) in [6.45, 7) is 4.02. The van der Waals surface area contributed by atoms with Crippen molar-refractivity contribution in [3.8, 4) is 0 Å². The summed E-state index contributed by atoms with van der Waals surface area (Å²) in [5.41, 5.74) is 6.35. The maximum atomic E-state index is 5.93. The van der Waals surface area contributed by atoms with Crippen LogP contribution in [-0.4, -0.2) is 20.3 Å². The van der Waals surface area contributed by atoms with E-state index in [1.54, 1.807) is 7.11 Å². The van der Waals surface area contributed by atoms with Gasteiger partial charge in [-0.15, -0.1) is 0 Å². The molecule has 3 atom stereocenters. The van der Waals surface area contributed by atoms with Gasteiger partial charge in [0.15, 0.2) is 0 Å². The molecule has 0 amide bonds. The molecule has 2 N–H and O–H groups in total. The summed E-state index contributed by atoms with van der Waals surface area (Å²) in [4.78, 5) is 0. The first-order valence-electron chi connectivity index (χ1n) is 5.41. The van der Waals surface area contributed by atoms with Crippen molar-refractivity contribution in [2.45, 2.75) is 26.2 Å². The predicted octanol–water partition coefficient (Wildman–Crippen LogP) is 1.64. The Morgan fingerprint density at radius 3 is 2.54 bits per heavy atom. The Morgan fingerprint density at radius 2 is 2.08 bits per heavy atom. The Kier molecular flexibility index (Phi) is 2.37. The zero-order valence-corrected chi connectivity index (χ0v) is 8.75. The van der Waals surface area contributed by atoms with E-state index in [1.807, 2.05) is 0 Å². The molecule has 0 bridgehead atoms. The molecule has 3 unspecified atom stereocenters. The summed E-state index contributed by atoms with van der Waals surface area (Å²) >= 11 is 0. The van der Waals surface area contributed by atoms with E-state index in [1.165, 1.54) is 19.3 Å². The monoisotopic (exact) mass is 183 g/mol. The first kappa shape index (κ1) is 9.47. The lowest BCUT2D eigenvalue weighted by molar-refractivity contribution is 0.0699. The van der Waals surface area contributed by atoms with Gasteiger partial charge in [0.2, 0.25) is 0 Å². The van der Waals surface area contributed by atoms with Gasteiger partial charge < -0.3 is 10.5 Å². The number of nitrogens with two attached hydrogens (primary N) is 1. The van der Waals surface area contributed by atoms with Gasteiger partial charge in [0.05, 0.1) is 0 Å². The van der Waals surface area contributed by atoms with Crippen molar-refractivity contribution in [2.24, 2.45) is 28.9 Å². The lowest BCUT2D eigenvalue weighted by Crippen LogP contribution is -2.37. The van der Waals surface area contributed by atoms with Gasteiger partial charge in [0.25, 0.3) is 0 Å². The standard InChI is InChI=1S/C11H21NO/c1-8(6-13-2)11(7-12)4-9-3-10(9)5-11/h8-10H,3-7,12H2,1-2H3. The summed E-state index contributed by atoms with van der Waals surface area (Å²) < 4.78 is 5.24. The second kappa shape index (κ2) is 3.25. The van der Waals surface area contributed by atoms with E-state index >= 15 is 0 Å². The number of hydrogen-bond donors (Lipinski definition) is 1. The maximum Gasteiger partial charge on any atom is 0.0493 e. The average Bonchev–Trinajstić information content (AvgIpc) is 2.74. The van der Waals surface area contributed by atoms with E-state index < -0.39 is 0 Å². The highest BCUT2D eigenvalue weighted by Crippen LogP contribution is 2.61. The molecule has 2 rings (SSSR count). The van der Waals surface area contributed by atoms with Crippen LogP contribution in [-0.2, 0) is 4.74 Å². The zero-order chi connectivity index (χ0) is 9.47. The van der Waals surface area contributed by atoms with Gasteiger partial charge in [-0.1, -0.05) is 6.92 Å². The molecule has 0 spiro atoms. The van der Waals surface area contributed by atoms with Crippen LogP contribution in [0.25, 0.3) is 0 Å². The molecule has 2 heteroatoms. The van der Waals surface area contributed by atoms with Crippen LogP contribution in [0.1, 0.15) is 26.2 Å². The Morgan fingerprint density at radius 1 is 1.46 bits per heavy atom. The van der Waals surface area contributed by atoms with Crippen LogP contribution >= 0.6 is 0 Å². The molecule has 2 aliphatic rings. The highest BCUT2D eigenvalue weighted by Gasteiger charge is 2.54. The minimum absolute atomic E-state index is 0.420. The van der Waals surface area contributed by atoms with E-state index in [9.17, 15) is 0 Å². The number of methoxy groups -OCH3 is 1. The van der Waals surface area contributed by atoms with E-state index in [4.69, 9.17) is 10.5 Å². The van der Waals surface area contributed by atoms with Gasteiger partial charge in [-0.25, -0.2) is 0 Å². The van der Waals surface area contributed by atoms with E-state index in [-0.39, 0.29) is 0 Å². The van der Waals surface area contributed by atoms with Crippen LogP contribution in [0.4, 0.5) is 0 Å². The first-order chi connectivity index (χ1) is 6.22. The molecular weight excluding hydrogens is 162 g/mol.